The maximum Gasteiger partial charge on any atom is 0.159 e. The third-order valence-electron chi connectivity index (χ3n) is 1.28. The standard InChI is InChI=1S/C6H8O3/c7-2-5-1-6(8)4-9-3-5/h2,5H,1,3-4H2. The number of ether oxygens (including phenoxy) is 1. The van der Waals surface area contributed by atoms with Crippen molar-refractivity contribution >= 4 is 12.1 Å². The highest BCUT2D eigenvalue weighted by atomic mass is 16.5. The molecule has 9 heavy (non-hydrogen) atoms. The van der Waals surface area contributed by atoms with Crippen LogP contribution in [0.25, 0.3) is 0 Å². The molecule has 0 aromatic rings. The molecule has 3 nitrogen and oxygen atoms in total. The molecule has 0 amide bonds. The summed E-state index contributed by atoms with van der Waals surface area (Å²) in [6.45, 7) is 0.597. The van der Waals surface area contributed by atoms with Crippen LogP contribution in [-0.2, 0) is 14.3 Å². The van der Waals surface area contributed by atoms with Gasteiger partial charge in [-0.3, -0.25) is 4.79 Å². The van der Waals surface area contributed by atoms with Gasteiger partial charge in [-0.05, 0) is 0 Å². The Morgan fingerprint density at radius 2 is 2.44 bits per heavy atom. The van der Waals surface area contributed by atoms with Gasteiger partial charge in [-0.15, -0.1) is 0 Å². The van der Waals surface area contributed by atoms with E-state index in [1.807, 2.05) is 0 Å². The van der Waals surface area contributed by atoms with Crippen LogP contribution in [0, 0.1) is 5.92 Å². The number of rotatable bonds is 1. The van der Waals surface area contributed by atoms with Crippen molar-refractivity contribution in [3.63, 3.8) is 0 Å². The fourth-order valence-electron chi connectivity index (χ4n) is 0.822. The Bertz CT molecular complexity index is 130. The van der Waals surface area contributed by atoms with E-state index >= 15 is 0 Å². The highest BCUT2D eigenvalue weighted by Gasteiger charge is 2.18. The van der Waals surface area contributed by atoms with Crippen LogP contribution in [0.4, 0.5) is 0 Å². The highest BCUT2D eigenvalue weighted by Crippen LogP contribution is 2.06. The summed E-state index contributed by atoms with van der Waals surface area (Å²) in [7, 11) is 0. The van der Waals surface area contributed by atoms with Gasteiger partial charge in [0, 0.05) is 12.3 Å². The molecule has 1 aliphatic rings. The Labute approximate surface area is 53.0 Å². The number of ketones is 1. The Hall–Kier alpha value is -0.700. The van der Waals surface area contributed by atoms with Gasteiger partial charge >= 0.3 is 0 Å². The van der Waals surface area contributed by atoms with E-state index in [0.717, 1.165) is 6.29 Å². The molecule has 0 saturated carbocycles. The summed E-state index contributed by atoms with van der Waals surface area (Å²) in [5.74, 6) is -0.162. The summed E-state index contributed by atoms with van der Waals surface area (Å²) in [6, 6.07) is 0. The van der Waals surface area contributed by atoms with E-state index in [-0.39, 0.29) is 18.3 Å². The number of carbonyl (C=O) groups excluding carboxylic acids is 2. The number of aldehydes is 1. The molecule has 0 bridgehead atoms. The van der Waals surface area contributed by atoms with Gasteiger partial charge in [0.1, 0.15) is 12.9 Å². The lowest BCUT2D eigenvalue weighted by Crippen LogP contribution is -2.26. The average molecular weight is 128 g/mol. The molecule has 0 aliphatic carbocycles. The molecular weight excluding hydrogens is 120 g/mol. The number of hydrogen-bond donors (Lipinski definition) is 0. The zero-order valence-corrected chi connectivity index (χ0v) is 5.00. The Morgan fingerprint density at radius 1 is 1.67 bits per heavy atom. The monoisotopic (exact) mass is 128 g/mol. The normalized spacial score (nSPS) is 28.0. The molecule has 0 aromatic carbocycles. The van der Waals surface area contributed by atoms with Gasteiger partial charge in [-0.2, -0.15) is 0 Å². The van der Waals surface area contributed by atoms with Gasteiger partial charge in [-0.25, -0.2) is 0 Å². The first-order valence-electron chi connectivity index (χ1n) is 2.87. The maximum absolute atomic E-state index is 10.5. The summed E-state index contributed by atoms with van der Waals surface area (Å²) in [4.78, 5) is 20.6. The van der Waals surface area contributed by atoms with Gasteiger partial charge in [0.05, 0.1) is 6.61 Å². The van der Waals surface area contributed by atoms with Crippen LogP contribution in [0.3, 0.4) is 0 Å². The van der Waals surface area contributed by atoms with Crippen LogP contribution in [0.5, 0.6) is 0 Å². The van der Waals surface area contributed by atoms with E-state index in [2.05, 4.69) is 0 Å². The summed E-state index contributed by atoms with van der Waals surface area (Å²) in [6.07, 6.45) is 1.14. The molecule has 1 atom stereocenters. The Kier molecular flexibility index (Phi) is 1.95. The number of carbonyl (C=O) groups is 2. The van der Waals surface area contributed by atoms with Crippen molar-refractivity contribution in [3.8, 4) is 0 Å². The summed E-state index contributed by atoms with van der Waals surface area (Å²) in [5.41, 5.74) is 0. The molecule has 3 heteroatoms. The van der Waals surface area contributed by atoms with Crippen molar-refractivity contribution in [2.75, 3.05) is 13.2 Å². The lowest BCUT2D eigenvalue weighted by Gasteiger charge is -2.14. The van der Waals surface area contributed by atoms with Crippen LogP contribution in [0.2, 0.25) is 0 Å². The summed E-state index contributed by atoms with van der Waals surface area (Å²) in [5, 5.41) is 0. The van der Waals surface area contributed by atoms with E-state index in [0.29, 0.717) is 13.0 Å². The first kappa shape index (κ1) is 6.42. The van der Waals surface area contributed by atoms with E-state index in [1.54, 1.807) is 0 Å². The van der Waals surface area contributed by atoms with Crippen molar-refractivity contribution < 1.29 is 14.3 Å². The molecule has 1 heterocycles. The third kappa shape index (κ3) is 1.61. The average Bonchev–Trinajstić information content (AvgIpc) is 1.88. The smallest absolute Gasteiger partial charge is 0.159 e. The van der Waals surface area contributed by atoms with Gasteiger partial charge in [0.2, 0.25) is 0 Å². The maximum atomic E-state index is 10.5. The van der Waals surface area contributed by atoms with Crippen LogP contribution in [0.15, 0.2) is 0 Å². The van der Waals surface area contributed by atoms with Gasteiger partial charge in [0.15, 0.2) is 5.78 Å². The van der Waals surface area contributed by atoms with Crippen LogP contribution in [0.1, 0.15) is 6.42 Å². The lowest BCUT2D eigenvalue weighted by molar-refractivity contribution is -0.133. The van der Waals surface area contributed by atoms with E-state index in [9.17, 15) is 9.59 Å². The Morgan fingerprint density at radius 3 is 2.89 bits per heavy atom. The molecule has 1 saturated heterocycles. The fraction of sp³-hybridized carbons (Fsp3) is 0.667. The lowest BCUT2D eigenvalue weighted by atomic mass is 10.0. The minimum atomic E-state index is -0.189. The molecule has 0 spiro atoms. The van der Waals surface area contributed by atoms with Crippen molar-refractivity contribution in [2.45, 2.75) is 6.42 Å². The van der Waals surface area contributed by atoms with Crippen LogP contribution >= 0.6 is 0 Å². The van der Waals surface area contributed by atoms with Crippen molar-refractivity contribution in [2.24, 2.45) is 5.92 Å². The second kappa shape index (κ2) is 2.73. The van der Waals surface area contributed by atoms with Crippen LogP contribution in [-0.4, -0.2) is 25.3 Å². The van der Waals surface area contributed by atoms with E-state index in [4.69, 9.17) is 4.74 Å². The highest BCUT2D eigenvalue weighted by molar-refractivity contribution is 5.83. The van der Waals surface area contributed by atoms with Crippen molar-refractivity contribution in [3.05, 3.63) is 0 Å². The second-order valence-electron chi connectivity index (χ2n) is 2.15. The molecule has 1 fully saturated rings. The topological polar surface area (TPSA) is 43.4 Å². The molecule has 1 rings (SSSR count). The zero-order chi connectivity index (χ0) is 6.69. The molecule has 1 aliphatic heterocycles. The molecule has 1 unspecified atom stereocenters. The molecule has 0 N–H and O–H groups in total. The predicted octanol–water partition coefficient (Wildman–Crippen LogP) is -0.209. The molecule has 0 aromatic heterocycles. The first-order chi connectivity index (χ1) is 4.33. The molecule has 0 radical (unpaired) electrons. The fourth-order valence-corrected chi connectivity index (χ4v) is 0.822. The van der Waals surface area contributed by atoms with Gasteiger partial charge < -0.3 is 9.53 Å². The minimum absolute atomic E-state index is 0.0263. The summed E-state index contributed by atoms with van der Waals surface area (Å²) >= 11 is 0. The van der Waals surface area contributed by atoms with Gasteiger partial charge in [-0.1, -0.05) is 0 Å². The summed E-state index contributed by atoms with van der Waals surface area (Å²) < 4.78 is 4.80. The molecule has 50 valence electrons. The van der Waals surface area contributed by atoms with E-state index < -0.39 is 0 Å². The Balaban J connectivity index is 2.40. The number of Topliss-reactive ketones (excluding diaryl/α,β-unsaturated/α-hetero) is 1. The van der Waals surface area contributed by atoms with Crippen LogP contribution < -0.4 is 0 Å². The zero-order valence-electron chi connectivity index (χ0n) is 5.00. The molecular formula is C6H8O3. The number of hydrogen-bond acceptors (Lipinski definition) is 3. The quantitative estimate of drug-likeness (QED) is 0.459. The van der Waals surface area contributed by atoms with Crippen molar-refractivity contribution in [1.29, 1.82) is 0 Å². The largest absolute Gasteiger partial charge is 0.373 e. The van der Waals surface area contributed by atoms with Gasteiger partial charge in [0.25, 0.3) is 0 Å². The minimum Gasteiger partial charge on any atom is -0.373 e. The predicted molar refractivity (Wildman–Crippen MR) is 30.0 cm³/mol. The van der Waals surface area contributed by atoms with E-state index in [1.165, 1.54) is 0 Å². The second-order valence-corrected chi connectivity index (χ2v) is 2.15. The third-order valence-corrected chi connectivity index (χ3v) is 1.28. The first-order valence-corrected chi connectivity index (χ1v) is 2.87. The SMILES string of the molecule is O=CC1COCC(=O)C1. The van der Waals surface area contributed by atoms with Crippen molar-refractivity contribution in [1.82, 2.24) is 0 Å².